The lowest BCUT2D eigenvalue weighted by Gasteiger charge is -2.20. The highest BCUT2D eigenvalue weighted by molar-refractivity contribution is 5.80. The normalized spacial score (nSPS) is 28.8. The summed E-state index contributed by atoms with van der Waals surface area (Å²) in [6.07, 6.45) is 2.98. The standard InChI is InChI=1S/C8H12O3/c1-6-4-7(2-3-11-6)5-8(9)10/h5-6H,2-4H2,1H3,(H,9,10)/b7-5-. The van der Waals surface area contributed by atoms with E-state index < -0.39 is 5.97 Å². The van der Waals surface area contributed by atoms with Crippen molar-refractivity contribution in [1.29, 1.82) is 0 Å². The van der Waals surface area contributed by atoms with Crippen LogP contribution in [0.3, 0.4) is 0 Å². The first-order valence-electron chi connectivity index (χ1n) is 3.72. The fourth-order valence-electron chi connectivity index (χ4n) is 1.23. The second-order valence-corrected chi connectivity index (χ2v) is 2.78. The number of rotatable bonds is 1. The molecule has 3 nitrogen and oxygen atoms in total. The van der Waals surface area contributed by atoms with Crippen LogP contribution in [0.5, 0.6) is 0 Å². The van der Waals surface area contributed by atoms with E-state index in [4.69, 9.17) is 9.84 Å². The van der Waals surface area contributed by atoms with E-state index >= 15 is 0 Å². The van der Waals surface area contributed by atoms with E-state index in [1.54, 1.807) is 0 Å². The topological polar surface area (TPSA) is 46.5 Å². The van der Waals surface area contributed by atoms with E-state index in [1.165, 1.54) is 6.08 Å². The third-order valence-electron chi connectivity index (χ3n) is 1.70. The van der Waals surface area contributed by atoms with Crippen LogP contribution in [0.15, 0.2) is 11.6 Å². The van der Waals surface area contributed by atoms with Gasteiger partial charge in [-0.15, -0.1) is 0 Å². The summed E-state index contributed by atoms with van der Waals surface area (Å²) in [6.45, 7) is 2.61. The van der Waals surface area contributed by atoms with Gasteiger partial charge in [0.05, 0.1) is 12.7 Å². The molecule has 0 radical (unpaired) electrons. The summed E-state index contributed by atoms with van der Waals surface area (Å²) in [7, 11) is 0. The van der Waals surface area contributed by atoms with Crippen molar-refractivity contribution in [3.05, 3.63) is 11.6 Å². The minimum atomic E-state index is -0.853. The molecule has 1 aliphatic heterocycles. The molecule has 11 heavy (non-hydrogen) atoms. The van der Waals surface area contributed by atoms with E-state index in [2.05, 4.69) is 0 Å². The van der Waals surface area contributed by atoms with Crippen molar-refractivity contribution in [2.75, 3.05) is 6.61 Å². The maximum absolute atomic E-state index is 10.3. The zero-order valence-electron chi connectivity index (χ0n) is 6.54. The van der Waals surface area contributed by atoms with Gasteiger partial charge in [-0.25, -0.2) is 4.79 Å². The van der Waals surface area contributed by atoms with Crippen LogP contribution in [0.1, 0.15) is 19.8 Å². The number of aliphatic carboxylic acids is 1. The van der Waals surface area contributed by atoms with E-state index in [0.29, 0.717) is 6.61 Å². The Morgan fingerprint density at radius 1 is 1.82 bits per heavy atom. The second-order valence-electron chi connectivity index (χ2n) is 2.78. The van der Waals surface area contributed by atoms with Crippen molar-refractivity contribution in [2.24, 2.45) is 0 Å². The summed E-state index contributed by atoms with van der Waals surface area (Å²) >= 11 is 0. The Morgan fingerprint density at radius 3 is 3.09 bits per heavy atom. The highest BCUT2D eigenvalue weighted by Gasteiger charge is 2.13. The molecule has 1 N–H and O–H groups in total. The first-order valence-corrected chi connectivity index (χ1v) is 3.72. The van der Waals surface area contributed by atoms with E-state index in [1.807, 2.05) is 6.92 Å². The van der Waals surface area contributed by atoms with Crippen LogP contribution in [0.2, 0.25) is 0 Å². The SMILES string of the molecule is CC1C/C(=C\C(=O)O)CCO1. The Labute approximate surface area is 65.7 Å². The number of hydrogen-bond donors (Lipinski definition) is 1. The van der Waals surface area contributed by atoms with Crippen molar-refractivity contribution < 1.29 is 14.6 Å². The predicted molar refractivity (Wildman–Crippen MR) is 40.4 cm³/mol. The Morgan fingerprint density at radius 2 is 2.55 bits per heavy atom. The van der Waals surface area contributed by atoms with Gasteiger partial charge in [-0.2, -0.15) is 0 Å². The minimum Gasteiger partial charge on any atom is -0.478 e. The van der Waals surface area contributed by atoms with Crippen LogP contribution >= 0.6 is 0 Å². The number of ether oxygens (including phenoxy) is 1. The van der Waals surface area contributed by atoms with Crippen molar-refractivity contribution in [1.82, 2.24) is 0 Å². The molecule has 0 saturated carbocycles. The Balaban J connectivity index is 2.52. The molecule has 1 fully saturated rings. The molecule has 0 bridgehead atoms. The monoisotopic (exact) mass is 156 g/mol. The molecule has 1 aliphatic rings. The van der Waals surface area contributed by atoms with Crippen LogP contribution in [0.25, 0.3) is 0 Å². The molecule has 1 rings (SSSR count). The minimum absolute atomic E-state index is 0.175. The summed E-state index contributed by atoms with van der Waals surface area (Å²) in [4.78, 5) is 10.3. The van der Waals surface area contributed by atoms with E-state index in [0.717, 1.165) is 18.4 Å². The Hall–Kier alpha value is -0.830. The highest BCUT2D eigenvalue weighted by atomic mass is 16.5. The first kappa shape index (κ1) is 8.27. The molecule has 0 aromatic heterocycles. The predicted octanol–water partition coefficient (Wildman–Crippen LogP) is 1.20. The summed E-state index contributed by atoms with van der Waals surface area (Å²) in [5.74, 6) is -0.853. The molecule has 1 unspecified atom stereocenters. The number of carbonyl (C=O) groups is 1. The largest absolute Gasteiger partial charge is 0.478 e. The van der Waals surface area contributed by atoms with Gasteiger partial charge in [-0.1, -0.05) is 5.57 Å². The fraction of sp³-hybridized carbons (Fsp3) is 0.625. The molecular formula is C8H12O3. The second kappa shape index (κ2) is 3.53. The van der Waals surface area contributed by atoms with E-state index in [9.17, 15) is 4.79 Å². The lowest BCUT2D eigenvalue weighted by Crippen LogP contribution is -2.17. The van der Waals surface area contributed by atoms with Crippen molar-refractivity contribution >= 4 is 5.97 Å². The van der Waals surface area contributed by atoms with Gasteiger partial charge in [-0.3, -0.25) is 0 Å². The summed E-state index contributed by atoms with van der Waals surface area (Å²) in [6, 6.07) is 0. The quantitative estimate of drug-likeness (QED) is 0.580. The molecule has 0 aromatic carbocycles. The maximum atomic E-state index is 10.3. The van der Waals surface area contributed by atoms with Gasteiger partial charge < -0.3 is 9.84 Å². The highest BCUT2D eigenvalue weighted by Crippen LogP contribution is 2.18. The molecular weight excluding hydrogens is 144 g/mol. The average molecular weight is 156 g/mol. The lowest BCUT2D eigenvalue weighted by atomic mass is 10.0. The number of carboxylic acid groups (broad SMARTS) is 1. The van der Waals surface area contributed by atoms with Gasteiger partial charge >= 0.3 is 5.97 Å². The molecule has 0 amide bonds. The zero-order chi connectivity index (χ0) is 8.27. The van der Waals surface area contributed by atoms with Crippen LogP contribution in [0, 0.1) is 0 Å². The summed E-state index contributed by atoms with van der Waals surface area (Å²) < 4.78 is 5.26. The molecule has 62 valence electrons. The zero-order valence-corrected chi connectivity index (χ0v) is 6.54. The van der Waals surface area contributed by atoms with Gasteiger partial charge in [0.1, 0.15) is 0 Å². The van der Waals surface area contributed by atoms with Crippen molar-refractivity contribution in [2.45, 2.75) is 25.9 Å². The fourth-order valence-corrected chi connectivity index (χ4v) is 1.23. The smallest absolute Gasteiger partial charge is 0.328 e. The molecule has 0 aliphatic carbocycles. The molecule has 1 heterocycles. The van der Waals surface area contributed by atoms with Gasteiger partial charge in [0.2, 0.25) is 0 Å². The summed E-state index contributed by atoms with van der Waals surface area (Å²) in [5, 5.41) is 8.43. The van der Waals surface area contributed by atoms with Gasteiger partial charge in [-0.05, 0) is 19.8 Å². The number of carboxylic acids is 1. The molecule has 0 spiro atoms. The lowest BCUT2D eigenvalue weighted by molar-refractivity contribution is -0.131. The first-order chi connectivity index (χ1) is 5.18. The molecule has 3 heteroatoms. The van der Waals surface area contributed by atoms with E-state index in [-0.39, 0.29) is 6.10 Å². The molecule has 0 aromatic rings. The Bertz CT molecular complexity index is 184. The van der Waals surface area contributed by atoms with Crippen LogP contribution < -0.4 is 0 Å². The summed E-state index contributed by atoms with van der Waals surface area (Å²) in [5.41, 5.74) is 0.983. The van der Waals surface area contributed by atoms with Crippen LogP contribution in [-0.4, -0.2) is 23.8 Å². The average Bonchev–Trinajstić information content (AvgIpc) is 1.85. The van der Waals surface area contributed by atoms with Crippen molar-refractivity contribution in [3.8, 4) is 0 Å². The van der Waals surface area contributed by atoms with Crippen LogP contribution in [-0.2, 0) is 9.53 Å². The molecule has 1 saturated heterocycles. The van der Waals surface area contributed by atoms with Gasteiger partial charge in [0.25, 0.3) is 0 Å². The van der Waals surface area contributed by atoms with Gasteiger partial charge in [0, 0.05) is 6.08 Å². The third-order valence-corrected chi connectivity index (χ3v) is 1.70. The maximum Gasteiger partial charge on any atom is 0.328 e. The van der Waals surface area contributed by atoms with Crippen LogP contribution in [0.4, 0.5) is 0 Å². The van der Waals surface area contributed by atoms with Gasteiger partial charge in [0.15, 0.2) is 0 Å². The Kier molecular flexibility index (Phi) is 2.65. The number of hydrogen-bond acceptors (Lipinski definition) is 2. The third kappa shape index (κ3) is 2.72. The van der Waals surface area contributed by atoms with Crippen molar-refractivity contribution in [3.63, 3.8) is 0 Å². The molecule has 1 atom stereocenters.